The van der Waals surface area contributed by atoms with Gasteiger partial charge in [0, 0.05) is 37.7 Å². The first-order chi connectivity index (χ1) is 9.26. The van der Waals surface area contributed by atoms with Crippen molar-refractivity contribution < 1.29 is 23.0 Å². The molecular formula is C13H25F3N2O2. The third-order valence-corrected chi connectivity index (χ3v) is 3.45. The molecule has 1 unspecified atom stereocenters. The molecule has 0 aromatic heterocycles. The van der Waals surface area contributed by atoms with E-state index >= 15 is 0 Å². The smallest absolute Gasteiger partial charge is 0.395 e. The minimum Gasteiger partial charge on any atom is -0.395 e. The van der Waals surface area contributed by atoms with Gasteiger partial charge in [-0.1, -0.05) is 13.8 Å². The minimum atomic E-state index is -4.25. The van der Waals surface area contributed by atoms with Gasteiger partial charge < -0.3 is 15.2 Å². The highest BCUT2D eigenvalue weighted by Gasteiger charge is 2.39. The number of ether oxygens (including phenoxy) is 1. The first kappa shape index (κ1) is 17.7. The highest BCUT2D eigenvalue weighted by atomic mass is 19.4. The molecule has 1 aliphatic heterocycles. The molecule has 0 radical (unpaired) electrons. The lowest BCUT2D eigenvalue weighted by atomic mass is 9.86. The second-order valence-electron chi connectivity index (χ2n) is 5.89. The summed E-state index contributed by atoms with van der Waals surface area (Å²) in [5, 5.41) is 12.2. The number of nitrogens with one attached hydrogen (secondary N) is 1. The standard InChI is InChI=1S/C13H25F3N2O2/c1-11(2)17-7-12(3-6-20-10-12)8-18(4-5-19)9-13(14,15)16/h11,17,19H,3-10H2,1-2H3. The van der Waals surface area contributed by atoms with Crippen LogP contribution in [-0.4, -0.2) is 68.2 Å². The lowest BCUT2D eigenvalue weighted by Gasteiger charge is -2.35. The van der Waals surface area contributed by atoms with Crippen LogP contribution in [0.3, 0.4) is 0 Å². The zero-order chi connectivity index (χ0) is 15.2. The van der Waals surface area contributed by atoms with Crippen molar-refractivity contribution in [2.24, 2.45) is 5.41 Å². The zero-order valence-electron chi connectivity index (χ0n) is 12.2. The number of hydrogen-bond acceptors (Lipinski definition) is 4. The molecule has 120 valence electrons. The molecule has 0 aliphatic carbocycles. The summed E-state index contributed by atoms with van der Waals surface area (Å²) in [7, 11) is 0. The maximum atomic E-state index is 12.6. The van der Waals surface area contributed by atoms with Crippen molar-refractivity contribution in [1.82, 2.24) is 10.2 Å². The van der Waals surface area contributed by atoms with Gasteiger partial charge in [0.15, 0.2) is 0 Å². The molecule has 1 fully saturated rings. The van der Waals surface area contributed by atoms with E-state index in [1.54, 1.807) is 0 Å². The van der Waals surface area contributed by atoms with E-state index in [-0.39, 0.29) is 31.2 Å². The highest BCUT2D eigenvalue weighted by Crippen LogP contribution is 2.30. The molecule has 7 heteroatoms. The third kappa shape index (κ3) is 6.39. The lowest BCUT2D eigenvalue weighted by Crippen LogP contribution is -2.49. The van der Waals surface area contributed by atoms with Gasteiger partial charge in [-0.3, -0.25) is 4.90 Å². The van der Waals surface area contributed by atoms with Crippen LogP contribution in [0.15, 0.2) is 0 Å². The van der Waals surface area contributed by atoms with Crippen molar-refractivity contribution in [3.63, 3.8) is 0 Å². The number of aliphatic hydroxyl groups is 1. The average Bonchev–Trinajstić information content (AvgIpc) is 2.74. The van der Waals surface area contributed by atoms with E-state index in [2.05, 4.69) is 5.32 Å². The van der Waals surface area contributed by atoms with Crippen molar-refractivity contribution >= 4 is 0 Å². The molecule has 4 nitrogen and oxygen atoms in total. The van der Waals surface area contributed by atoms with Gasteiger partial charge in [0.1, 0.15) is 0 Å². The van der Waals surface area contributed by atoms with Gasteiger partial charge in [-0.2, -0.15) is 13.2 Å². The SMILES string of the molecule is CC(C)NCC1(CN(CCO)CC(F)(F)F)CCOC1. The molecular weight excluding hydrogens is 273 g/mol. The van der Waals surface area contributed by atoms with E-state index in [9.17, 15) is 13.2 Å². The predicted molar refractivity (Wildman–Crippen MR) is 70.6 cm³/mol. The van der Waals surface area contributed by atoms with Gasteiger partial charge in [0.2, 0.25) is 0 Å². The van der Waals surface area contributed by atoms with E-state index in [0.717, 1.165) is 6.42 Å². The van der Waals surface area contributed by atoms with Gasteiger partial charge >= 0.3 is 6.18 Å². The molecule has 1 aliphatic rings. The van der Waals surface area contributed by atoms with Gasteiger partial charge in [-0.15, -0.1) is 0 Å². The monoisotopic (exact) mass is 298 g/mol. The highest BCUT2D eigenvalue weighted by molar-refractivity contribution is 4.89. The Kier molecular flexibility index (Phi) is 6.71. The molecule has 2 N–H and O–H groups in total. The lowest BCUT2D eigenvalue weighted by molar-refractivity contribution is -0.150. The van der Waals surface area contributed by atoms with Crippen LogP contribution >= 0.6 is 0 Å². The Hall–Kier alpha value is -0.370. The fourth-order valence-electron chi connectivity index (χ4n) is 2.47. The molecule has 1 atom stereocenters. The molecule has 0 aromatic rings. The molecule has 0 amide bonds. The first-order valence-electron chi connectivity index (χ1n) is 6.97. The van der Waals surface area contributed by atoms with E-state index < -0.39 is 12.7 Å². The second-order valence-corrected chi connectivity index (χ2v) is 5.89. The minimum absolute atomic E-state index is 0.0307. The topological polar surface area (TPSA) is 44.7 Å². The molecule has 1 rings (SSSR count). The van der Waals surface area contributed by atoms with E-state index in [0.29, 0.717) is 19.8 Å². The van der Waals surface area contributed by atoms with Crippen LogP contribution in [0.5, 0.6) is 0 Å². The van der Waals surface area contributed by atoms with Crippen LogP contribution in [-0.2, 0) is 4.74 Å². The van der Waals surface area contributed by atoms with Crippen molar-refractivity contribution in [3.05, 3.63) is 0 Å². The Balaban J connectivity index is 2.64. The molecule has 20 heavy (non-hydrogen) atoms. The van der Waals surface area contributed by atoms with Crippen LogP contribution in [0.25, 0.3) is 0 Å². The van der Waals surface area contributed by atoms with Crippen molar-refractivity contribution in [2.45, 2.75) is 32.5 Å². The van der Waals surface area contributed by atoms with Crippen molar-refractivity contribution in [1.29, 1.82) is 0 Å². The number of nitrogens with zero attached hydrogens (tertiary/aromatic N) is 1. The van der Waals surface area contributed by atoms with Crippen molar-refractivity contribution in [2.75, 3.05) is 46.0 Å². The van der Waals surface area contributed by atoms with Crippen LogP contribution in [0, 0.1) is 5.41 Å². The molecule has 0 saturated carbocycles. The Labute approximate surface area is 118 Å². The van der Waals surface area contributed by atoms with Crippen LogP contribution < -0.4 is 5.32 Å². The van der Waals surface area contributed by atoms with Gasteiger partial charge in [-0.05, 0) is 6.42 Å². The van der Waals surface area contributed by atoms with E-state index in [1.165, 1.54) is 4.90 Å². The summed E-state index contributed by atoms with van der Waals surface area (Å²) in [6.07, 6.45) is -3.51. The first-order valence-corrected chi connectivity index (χ1v) is 6.97. The van der Waals surface area contributed by atoms with Crippen LogP contribution in [0.2, 0.25) is 0 Å². The number of hydrogen-bond donors (Lipinski definition) is 2. The quantitative estimate of drug-likeness (QED) is 0.708. The summed E-state index contributed by atoms with van der Waals surface area (Å²) in [4.78, 5) is 1.27. The second kappa shape index (κ2) is 7.59. The maximum absolute atomic E-state index is 12.6. The average molecular weight is 298 g/mol. The van der Waals surface area contributed by atoms with Crippen LogP contribution in [0.4, 0.5) is 13.2 Å². The summed E-state index contributed by atoms with van der Waals surface area (Å²) in [6.45, 7) is 4.74. The molecule has 1 heterocycles. The summed E-state index contributed by atoms with van der Waals surface area (Å²) in [5.74, 6) is 0. The molecule has 1 saturated heterocycles. The van der Waals surface area contributed by atoms with Gasteiger partial charge in [0.25, 0.3) is 0 Å². The molecule has 0 aromatic carbocycles. The number of rotatable bonds is 8. The molecule has 0 spiro atoms. The molecule has 0 bridgehead atoms. The normalized spacial score (nSPS) is 24.0. The number of aliphatic hydroxyl groups excluding tert-OH is 1. The fourth-order valence-corrected chi connectivity index (χ4v) is 2.47. The van der Waals surface area contributed by atoms with Gasteiger partial charge in [0.05, 0.1) is 19.8 Å². The van der Waals surface area contributed by atoms with Gasteiger partial charge in [-0.25, -0.2) is 0 Å². The zero-order valence-corrected chi connectivity index (χ0v) is 12.2. The summed E-state index contributed by atoms with van der Waals surface area (Å²) < 4.78 is 43.1. The van der Waals surface area contributed by atoms with E-state index in [1.807, 2.05) is 13.8 Å². The Bertz CT molecular complexity index is 279. The van der Waals surface area contributed by atoms with E-state index in [4.69, 9.17) is 9.84 Å². The summed E-state index contributed by atoms with van der Waals surface area (Å²) >= 11 is 0. The summed E-state index contributed by atoms with van der Waals surface area (Å²) in [6, 6.07) is 0.279. The van der Waals surface area contributed by atoms with Crippen molar-refractivity contribution in [3.8, 4) is 0 Å². The number of alkyl halides is 3. The predicted octanol–water partition coefficient (Wildman–Crippen LogP) is 1.25. The number of halogens is 3. The Morgan fingerprint density at radius 3 is 2.55 bits per heavy atom. The summed E-state index contributed by atoms with van der Waals surface area (Å²) in [5.41, 5.74) is -0.301. The Morgan fingerprint density at radius 1 is 1.40 bits per heavy atom. The third-order valence-electron chi connectivity index (χ3n) is 3.45. The largest absolute Gasteiger partial charge is 0.401 e. The Morgan fingerprint density at radius 2 is 2.10 bits per heavy atom. The maximum Gasteiger partial charge on any atom is 0.401 e. The van der Waals surface area contributed by atoms with Crippen LogP contribution in [0.1, 0.15) is 20.3 Å². The fraction of sp³-hybridized carbons (Fsp3) is 1.00.